The lowest BCUT2D eigenvalue weighted by Gasteiger charge is -2.18. The van der Waals surface area contributed by atoms with Gasteiger partial charge in [0.1, 0.15) is 0 Å². The summed E-state index contributed by atoms with van der Waals surface area (Å²) in [6.07, 6.45) is -0.220. The van der Waals surface area contributed by atoms with E-state index in [9.17, 15) is 10.2 Å². The number of aliphatic hydroxyl groups is 2. The Balaban J connectivity index is 2.05. The number of benzene rings is 1. The molecule has 1 heterocycles. The van der Waals surface area contributed by atoms with Crippen molar-refractivity contribution in [2.75, 3.05) is 6.54 Å². The van der Waals surface area contributed by atoms with Crippen LogP contribution in [-0.4, -0.2) is 28.9 Å². The summed E-state index contributed by atoms with van der Waals surface area (Å²) in [6.45, 7) is 0.578. The highest BCUT2D eigenvalue weighted by Crippen LogP contribution is 2.22. The van der Waals surface area contributed by atoms with E-state index < -0.39 is 6.10 Å². The zero-order valence-corrected chi connectivity index (χ0v) is 7.93. The summed E-state index contributed by atoms with van der Waals surface area (Å²) < 4.78 is 0. The second-order valence-electron chi connectivity index (χ2n) is 3.76. The maximum atomic E-state index is 9.96. The van der Waals surface area contributed by atoms with E-state index in [0.29, 0.717) is 13.0 Å². The fourth-order valence-electron chi connectivity index (χ4n) is 1.87. The molecule has 3 atom stereocenters. The van der Waals surface area contributed by atoms with E-state index in [-0.39, 0.29) is 12.1 Å². The van der Waals surface area contributed by atoms with Gasteiger partial charge in [0.25, 0.3) is 0 Å². The van der Waals surface area contributed by atoms with Crippen LogP contribution in [0.4, 0.5) is 0 Å². The minimum atomic E-state index is -0.520. The van der Waals surface area contributed by atoms with Crippen molar-refractivity contribution in [2.45, 2.75) is 24.7 Å². The normalized spacial score (nSPS) is 29.0. The van der Waals surface area contributed by atoms with Gasteiger partial charge in [-0.25, -0.2) is 0 Å². The van der Waals surface area contributed by atoms with Gasteiger partial charge in [0.2, 0.25) is 0 Å². The van der Waals surface area contributed by atoms with E-state index in [0.717, 1.165) is 5.56 Å². The van der Waals surface area contributed by atoms with E-state index in [2.05, 4.69) is 5.32 Å². The molecule has 0 spiro atoms. The summed E-state index contributed by atoms with van der Waals surface area (Å²) in [7, 11) is 0. The van der Waals surface area contributed by atoms with Crippen molar-refractivity contribution in [3.8, 4) is 0 Å². The van der Waals surface area contributed by atoms with Crippen LogP contribution in [0.1, 0.15) is 18.1 Å². The van der Waals surface area contributed by atoms with Crippen LogP contribution in [-0.2, 0) is 0 Å². The largest absolute Gasteiger partial charge is 0.392 e. The summed E-state index contributed by atoms with van der Waals surface area (Å²) in [4.78, 5) is 0. The number of nitrogens with one attached hydrogen (secondary N) is 1. The summed E-state index contributed by atoms with van der Waals surface area (Å²) in [5.74, 6) is 0. The van der Waals surface area contributed by atoms with E-state index >= 15 is 0 Å². The Morgan fingerprint density at radius 1 is 1.29 bits per heavy atom. The first-order valence-corrected chi connectivity index (χ1v) is 4.92. The van der Waals surface area contributed by atoms with Crippen LogP contribution in [0.5, 0.6) is 0 Å². The molecule has 3 heteroatoms. The van der Waals surface area contributed by atoms with Gasteiger partial charge in [-0.15, -0.1) is 0 Å². The Kier molecular flexibility index (Phi) is 2.82. The molecule has 14 heavy (non-hydrogen) atoms. The summed E-state index contributed by atoms with van der Waals surface area (Å²) in [5.41, 5.74) is 0.902. The lowest BCUT2D eigenvalue weighted by Crippen LogP contribution is -2.28. The van der Waals surface area contributed by atoms with Crippen LogP contribution in [0.2, 0.25) is 0 Å². The molecule has 76 valence electrons. The van der Waals surface area contributed by atoms with Gasteiger partial charge in [-0.1, -0.05) is 30.3 Å². The lowest BCUT2D eigenvalue weighted by molar-refractivity contribution is 0.125. The molecule has 3 N–H and O–H groups in total. The van der Waals surface area contributed by atoms with E-state index in [1.165, 1.54) is 0 Å². The minimum Gasteiger partial charge on any atom is -0.392 e. The maximum absolute atomic E-state index is 9.96. The number of hydrogen-bond acceptors (Lipinski definition) is 3. The molecule has 0 radical (unpaired) electrons. The zero-order chi connectivity index (χ0) is 9.97. The average Bonchev–Trinajstić information content (AvgIpc) is 2.65. The van der Waals surface area contributed by atoms with Crippen molar-refractivity contribution in [1.29, 1.82) is 0 Å². The van der Waals surface area contributed by atoms with Gasteiger partial charge < -0.3 is 15.5 Å². The highest BCUT2D eigenvalue weighted by molar-refractivity contribution is 5.19. The van der Waals surface area contributed by atoms with Gasteiger partial charge in [-0.2, -0.15) is 0 Å². The molecule has 0 amide bonds. The second-order valence-corrected chi connectivity index (χ2v) is 3.76. The minimum absolute atomic E-state index is 0.0209. The van der Waals surface area contributed by atoms with Gasteiger partial charge in [-0.3, -0.25) is 0 Å². The Morgan fingerprint density at radius 2 is 2.00 bits per heavy atom. The standard InChI is InChI=1S/C11H15NO2/c13-9-6-10(12-7-9)11(14)8-4-2-1-3-5-8/h1-5,9-14H,6-7H2/t9-,10?,11?/m1/s1. The molecule has 1 aliphatic heterocycles. The fraction of sp³-hybridized carbons (Fsp3) is 0.455. The molecule has 0 aliphatic carbocycles. The summed E-state index contributed by atoms with van der Waals surface area (Å²) >= 11 is 0. The first-order valence-electron chi connectivity index (χ1n) is 4.92. The molecule has 1 saturated heterocycles. The average molecular weight is 193 g/mol. The molecule has 1 aromatic rings. The molecule has 3 nitrogen and oxygen atoms in total. The van der Waals surface area contributed by atoms with Crippen molar-refractivity contribution in [1.82, 2.24) is 5.32 Å². The molecule has 2 rings (SSSR count). The highest BCUT2D eigenvalue weighted by Gasteiger charge is 2.28. The van der Waals surface area contributed by atoms with Crippen molar-refractivity contribution in [3.63, 3.8) is 0 Å². The number of β-amino-alcohol motifs (C(OH)–C–C–N with tert-alkyl or cyclic N) is 1. The highest BCUT2D eigenvalue weighted by atomic mass is 16.3. The molecule has 1 aliphatic rings. The Labute approximate surface area is 83.4 Å². The predicted molar refractivity (Wildman–Crippen MR) is 53.8 cm³/mol. The molecule has 0 saturated carbocycles. The quantitative estimate of drug-likeness (QED) is 0.639. The van der Waals surface area contributed by atoms with Crippen molar-refractivity contribution in [3.05, 3.63) is 35.9 Å². The van der Waals surface area contributed by atoms with Crippen LogP contribution >= 0.6 is 0 Å². The number of rotatable bonds is 2. The van der Waals surface area contributed by atoms with Crippen LogP contribution in [0.3, 0.4) is 0 Å². The summed E-state index contributed by atoms with van der Waals surface area (Å²) in [5, 5.41) is 22.4. The lowest BCUT2D eigenvalue weighted by atomic mass is 10.0. The van der Waals surface area contributed by atoms with Crippen LogP contribution in [0.25, 0.3) is 0 Å². The van der Waals surface area contributed by atoms with Gasteiger partial charge in [0.15, 0.2) is 0 Å². The summed E-state index contributed by atoms with van der Waals surface area (Å²) in [6, 6.07) is 9.52. The molecule has 2 unspecified atom stereocenters. The van der Waals surface area contributed by atoms with E-state index in [1.807, 2.05) is 30.3 Å². The molecular formula is C11H15NO2. The third-order valence-corrected chi connectivity index (χ3v) is 2.66. The SMILES string of the molecule is OC(c1ccccc1)C1C[C@@H](O)CN1. The topological polar surface area (TPSA) is 52.5 Å². The maximum Gasteiger partial charge on any atom is 0.0943 e. The third-order valence-electron chi connectivity index (χ3n) is 2.66. The molecule has 1 aromatic carbocycles. The van der Waals surface area contributed by atoms with Crippen molar-refractivity contribution in [2.24, 2.45) is 0 Å². The molecular weight excluding hydrogens is 178 g/mol. The number of hydrogen-bond donors (Lipinski definition) is 3. The van der Waals surface area contributed by atoms with Gasteiger partial charge in [-0.05, 0) is 12.0 Å². The van der Waals surface area contributed by atoms with E-state index in [4.69, 9.17) is 0 Å². The first-order chi connectivity index (χ1) is 6.77. The Morgan fingerprint density at radius 3 is 2.57 bits per heavy atom. The molecule has 0 bridgehead atoms. The van der Waals surface area contributed by atoms with Crippen molar-refractivity contribution >= 4 is 0 Å². The van der Waals surface area contributed by atoms with Crippen LogP contribution in [0.15, 0.2) is 30.3 Å². The molecule has 0 aromatic heterocycles. The fourth-order valence-corrected chi connectivity index (χ4v) is 1.87. The van der Waals surface area contributed by atoms with Crippen LogP contribution < -0.4 is 5.32 Å². The second kappa shape index (κ2) is 4.09. The Hall–Kier alpha value is -0.900. The number of aliphatic hydroxyl groups excluding tert-OH is 2. The van der Waals surface area contributed by atoms with Gasteiger partial charge in [0, 0.05) is 12.6 Å². The first kappa shape index (κ1) is 9.65. The van der Waals surface area contributed by atoms with Crippen molar-refractivity contribution < 1.29 is 10.2 Å². The van der Waals surface area contributed by atoms with Gasteiger partial charge in [0.05, 0.1) is 12.2 Å². The third kappa shape index (κ3) is 1.95. The van der Waals surface area contributed by atoms with Crippen LogP contribution in [0, 0.1) is 0 Å². The smallest absolute Gasteiger partial charge is 0.0943 e. The molecule has 1 fully saturated rings. The zero-order valence-electron chi connectivity index (χ0n) is 7.93. The monoisotopic (exact) mass is 193 g/mol. The predicted octanol–water partition coefficient (Wildman–Crippen LogP) is 0.443. The Bertz CT molecular complexity index is 289. The van der Waals surface area contributed by atoms with Gasteiger partial charge >= 0.3 is 0 Å². The van der Waals surface area contributed by atoms with E-state index in [1.54, 1.807) is 0 Å².